The van der Waals surface area contributed by atoms with E-state index in [0.29, 0.717) is 5.75 Å². The van der Waals surface area contributed by atoms with Gasteiger partial charge in [-0.05, 0) is 24.6 Å². The lowest BCUT2D eigenvalue weighted by Gasteiger charge is -2.09. The van der Waals surface area contributed by atoms with Gasteiger partial charge in [0.15, 0.2) is 0 Å². The number of primary amides is 1. The van der Waals surface area contributed by atoms with Crippen LogP contribution in [0.2, 0.25) is 0 Å². The molecule has 0 aromatic heterocycles. The summed E-state index contributed by atoms with van der Waals surface area (Å²) in [6.45, 7) is 3.82. The molecule has 1 aromatic rings. The molecule has 1 atom stereocenters. The number of amides is 1. The SMILES string of the molecule is Cc1ccc(SCC(C)C(N)=O)c(N)c1. The molecule has 1 unspecified atom stereocenters. The second-order valence-corrected chi connectivity index (χ2v) is 4.72. The molecule has 4 heteroatoms. The highest BCUT2D eigenvalue weighted by Gasteiger charge is 2.09. The third-order valence-corrected chi connectivity index (χ3v) is 3.49. The van der Waals surface area contributed by atoms with Crippen LogP contribution in [-0.2, 0) is 4.79 Å². The van der Waals surface area contributed by atoms with Crippen molar-refractivity contribution in [3.63, 3.8) is 0 Å². The fourth-order valence-electron chi connectivity index (χ4n) is 1.10. The number of nitrogen functional groups attached to an aromatic ring is 1. The van der Waals surface area contributed by atoms with Crippen LogP contribution in [0.3, 0.4) is 0 Å². The van der Waals surface area contributed by atoms with Gasteiger partial charge >= 0.3 is 0 Å². The molecule has 3 nitrogen and oxygen atoms in total. The maximum atomic E-state index is 10.8. The summed E-state index contributed by atoms with van der Waals surface area (Å²) in [7, 11) is 0. The van der Waals surface area contributed by atoms with Gasteiger partial charge in [-0.15, -0.1) is 11.8 Å². The fourth-order valence-corrected chi connectivity index (χ4v) is 2.08. The number of hydrogen-bond acceptors (Lipinski definition) is 3. The van der Waals surface area contributed by atoms with Crippen LogP contribution in [0.4, 0.5) is 5.69 Å². The maximum Gasteiger partial charge on any atom is 0.221 e. The minimum absolute atomic E-state index is 0.129. The first-order chi connectivity index (χ1) is 7.00. The minimum Gasteiger partial charge on any atom is -0.398 e. The number of hydrogen-bond donors (Lipinski definition) is 2. The van der Waals surface area contributed by atoms with E-state index in [1.807, 2.05) is 32.0 Å². The monoisotopic (exact) mass is 224 g/mol. The van der Waals surface area contributed by atoms with E-state index in [1.165, 1.54) is 0 Å². The fraction of sp³-hybridized carbons (Fsp3) is 0.364. The van der Waals surface area contributed by atoms with E-state index in [2.05, 4.69) is 0 Å². The molecule has 1 aromatic carbocycles. The molecule has 0 aliphatic carbocycles. The van der Waals surface area contributed by atoms with Crippen molar-refractivity contribution in [2.24, 2.45) is 11.7 Å². The van der Waals surface area contributed by atoms with Gasteiger partial charge in [-0.25, -0.2) is 0 Å². The molecule has 1 rings (SSSR count). The normalized spacial score (nSPS) is 12.4. The number of benzene rings is 1. The quantitative estimate of drug-likeness (QED) is 0.605. The first-order valence-corrected chi connectivity index (χ1v) is 5.77. The molecule has 0 radical (unpaired) electrons. The van der Waals surface area contributed by atoms with E-state index in [-0.39, 0.29) is 11.8 Å². The zero-order valence-corrected chi connectivity index (χ0v) is 9.80. The molecule has 0 aliphatic rings. The lowest BCUT2D eigenvalue weighted by atomic mass is 10.2. The molecule has 0 fully saturated rings. The lowest BCUT2D eigenvalue weighted by molar-refractivity contribution is -0.120. The van der Waals surface area contributed by atoms with Gasteiger partial charge in [0, 0.05) is 22.3 Å². The van der Waals surface area contributed by atoms with E-state index in [9.17, 15) is 4.79 Å². The number of aryl methyl sites for hydroxylation is 1. The first-order valence-electron chi connectivity index (χ1n) is 4.79. The van der Waals surface area contributed by atoms with Crippen molar-refractivity contribution in [3.05, 3.63) is 23.8 Å². The molecule has 0 saturated heterocycles. The third kappa shape index (κ3) is 3.47. The Balaban J connectivity index is 2.62. The summed E-state index contributed by atoms with van der Waals surface area (Å²) >= 11 is 1.57. The van der Waals surface area contributed by atoms with Gasteiger partial charge in [0.1, 0.15) is 0 Å². The standard InChI is InChI=1S/C11H16N2OS/c1-7-3-4-10(9(12)5-7)15-6-8(2)11(13)14/h3-5,8H,6,12H2,1-2H3,(H2,13,14). The van der Waals surface area contributed by atoms with E-state index in [0.717, 1.165) is 16.1 Å². The summed E-state index contributed by atoms with van der Waals surface area (Å²) in [6.07, 6.45) is 0. The highest BCUT2D eigenvalue weighted by atomic mass is 32.2. The van der Waals surface area contributed by atoms with E-state index < -0.39 is 0 Å². The van der Waals surface area contributed by atoms with Crippen molar-refractivity contribution in [3.8, 4) is 0 Å². The number of anilines is 1. The first kappa shape index (κ1) is 11.9. The van der Waals surface area contributed by atoms with Gasteiger partial charge in [-0.3, -0.25) is 4.79 Å². The van der Waals surface area contributed by atoms with Crippen molar-refractivity contribution < 1.29 is 4.79 Å². The van der Waals surface area contributed by atoms with E-state index in [4.69, 9.17) is 11.5 Å². The summed E-state index contributed by atoms with van der Waals surface area (Å²) in [4.78, 5) is 11.8. The maximum absolute atomic E-state index is 10.8. The molecular formula is C11H16N2OS. The van der Waals surface area contributed by atoms with E-state index >= 15 is 0 Å². The van der Waals surface area contributed by atoms with Gasteiger partial charge in [0.05, 0.1) is 0 Å². The molecule has 4 N–H and O–H groups in total. The largest absolute Gasteiger partial charge is 0.398 e. The van der Waals surface area contributed by atoms with Crippen molar-refractivity contribution in [1.82, 2.24) is 0 Å². The predicted octanol–water partition coefficient (Wildman–Crippen LogP) is 1.79. The average Bonchev–Trinajstić information content (AvgIpc) is 2.15. The summed E-state index contributed by atoms with van der Waals surface area (Å²) in [5.41, 5.74) is 12.9. The lowest BCUT2D eigenvalue weighted by Crippen LogP contribution is -2.22. The third-order valence-electron chi connectivity index (χ3n) is 2.14. The average molecular weight is 224 g/mol. The highest BCUT2D eigenvalue weighted by molar-refractivity contribution is 7.99. The molecule has 0 aliphatic heterocycles. The van der Waals surface area contributed by atoms with Crippen LogP contribution in [0, 0.1) is 12.8 Å². The van der Waals surface area contributed by atoms with Crippen molar-refractivity contribution >= 4 is 23.4 Å². The molecule has 1 amide bonds. The molecular weight excluding hydrogens is 208 g/mol. The number of carbonyl (C=O) groups excluding carboxylic acids is 1. The smallest absolute Gasteiger partial charge is 0.221 e. The second-order valence-electron chi connectivity index (χ2n) is 3.66. The van der Waals surface area contributed by atoms with Crippen LogP contribution in [0.1, 0.15) is 12.5 Å². The Morgan fingerprint density at radius 3 is 2.73 bits per heavy atom. The van der Waals surface area contributed by atoms with Crippen LogP contribution in [0.25, 0.3) is 0 Å². The highest BCUT2D eigenvalue weighted by Crippen LogP contribution is 2.27. The van der Waals surface area contributed by atoms with Crippen LogP contribution in [0.5, 0.6) is 0 Å². The Hall–Kier alpha value is -1.16. The Labute approximate surface area is 94.2 Å². The van der Waals surface area contributed by atoms with Gasteiger partial charge in [0.25, 0.3) is 0 Å². The Kier molecular flexibility index (Phi) is 4.03. The number of nitrogens with two attached hydrogens (primary N) is 2. The molecule has 15 heavy (non-hydrogen) atoms. The zero-order chi connectivity index (χ0) is 11.4. The Bertz CT molecular complexity index is 366. The van der Waals surface area contributed by atoms with Crippen LogP contribution >= 0.6 is 11.8 Å². The van der Waals surface area contributed by atoms with Crippen LogP contribution in [0.15, 0.2) is 23.1 Å². The second kappa shape index (κ2) is 5.07. The summed E-state index contributed by atoms with van der Waals surface area (Å²) in [5.74, 6) is 0.270. The predicted molar refractivity (Wildman–Crippen MR) is 64.7 cm³/mol. The summed E-state index contributed by atoms with van der Waals surface area (Å²) < 4.78 is 0. The van der Waals surface area contributed by atoms with Crippen molar-refractivity contribution in [2.45, 2.75) is 18.7 Å². The number of carbonyl (C=O) groups is 1. The van der Waals surface area contributed by atoms with E-state index in [1.54, 1.807) is 11.8 Å². The van der Waals surface area contributed by atoms with Crippen LogP contribution < -0.4 is 11.5 Å². The number of rotatable bonds is 4. The summed E-state index contributed by atoms with van der Waals surface area (Å²) in [5, 5.41) is 0. The summed E-state index contributed by atoms with van der Waals surface area (Å²) in [6, 6.07) is 5.91. The minimum atomic E-state index is -0.270. The molecule has 0 bridgehead atoms. The molecule has 0 spiro atoms. The van der Waals surface area contributed by atoms with Gasteiger partial charge in [0.2, 0.25) is 5.91 Å². The number of thioether (sulfide) groups is 1. The zero-order valence-electron chi connectivity index (χ0n) is 8.99. The van der Waals surface area contributed by atoms with Gasteiger partial charge < -0.3 is 11.5 Å². The molecule has 0 saturated carbocycles. The van der Waals surface area contributed by atoms with Gasteiger partial charge in [-0.2, -0.15) is 0 Å². The van der Waals surface area contributed by atoms with Gasteiger partial charge in [-0.1, -0.05) is 13.0 Å². The Morgan fingerprint density at radius 1 is 1.53 bits per heavy atom. The topological polar surface area (TPSA) is 69.1 Å². The van der Waals surface area contributed by atoms with Crippen LogP contribution in [-0.4, -0.2) is 11.7 Å². The molecule has 0 heterocycles. The Morgan fingerprint density at radius 2 is 2.20 bits per heavy atom. The van der Waals surface area contributed by atoms with Crippen molar-refractivity contribution in [2.75, 3.05) is 11.5 Å². The van der Waals surface area contributed by atoms with Crippen molar-refractivity contribution in [1.29, 1.82) is 0 Å². The molecule has 82 valence electrons.